The summed E-state index contributed by atoms with van der Waals surface area (Å²) in [5, 5.41) is 21.7. The lowest BCUT2D eigenvalue weighted by atomic mass is 10.2. The number of aryl methyl sites for hydroxylation is 1. The number of hydrogen-bond donors (Lipinski definition) is 3. The van der Waals surface area contributed by atoms with Gasteiger partial charge in [0.2, 0.25) is 0 Å². The van der Waals surface area contributed by atoms with Gasteiger partial charge in [-0.25, -0.2) is 0 Å². The van der Waals surface area contributed by atoms with Gasteiger partial charge in [-0.15, -0.1) is 10.2 Å². The molecule has 0 aliphatic carbocycles. The molecule has 0 spiro atoms. The summed E-state index contributed by atoms with van der Waals surface area (Å²) in [5.41, 5.74) is 3.40. The molecule has 1 aromatic carbocycles. The second-order valence-electron chi connectivity index (χ2n) is 4.06. The fourth-order valence-corrected chi connectivity index (χ4v) is 1.76. The zero-order valence-electron chi connectivity index (χ0n) is 10.9. The molecule has 0 atom stereocenters. The van der Waals surface area contributed by atoms with Gasteiger partial charge in [-0.05, 0) is 13.0 Å². The van der Waals surface area contributed by atoms with Gasteiger partial charge in [-0.3, -0.25) is 16.0 Å². The Bertz CT molecular complexity index is 611. The van der Waals surface area contributed by atoms with E-state index in [4.69, 9.17) is 5.84 Å². The predicted molar refractivity (Wildman–Crippen MR) is 73.9 cm³/mol. The summed E-state index contributed by atoms with van der Waals surface area (Å²) in [4.78, 5) is 10.4. The maximum Gasteiger partial charge on any atom is 0.273 e. The van der Waals surface area contributed by atoms with Crippen LogP contribution in [0, 0.1) is 10.1 Å². The number of aromatic nitrogens is 3. The summed E-state index contributed by atoms with van der Waals surface area (Å²) >= 11 is 0. The molecule has 106 valence electrons. The molecular formula is C11H15N7O2. The summed E-state index contributed by atoms with van der Waals surface area (Å²) in [6, 6.07) is 4.48. The molecule has 1 heterocycles. The minimum atomic E-state index is -0.472. The van der Waals surface area contributed by atoms with Gasteiger partial charge in [0.25, 0.3) is 5.69 Å². The average Bonchev–Trinajstić information content (AvgIpc) is 2.92. The molecule has 0 aliphatic rings. The molecule has 4 N–H and O–H groups in total. The van der Waals surface area contributed by atoms with Crippen LogP contribution in [0.2, 0.25) is 0 Å². The van der Waals surface area contributed by atoms with Crippen molar-refractivity contribution in [3.8, 4) is 0 Å². The lowest BCUT2D eigenvalue weighted by Gasteiger charge is -2.09. The molecule has 9 heteroatoms. The van der Waals surface area contributed by atoms with Gasteiger partial charge in [0.1, 0.15) is 6.33 Å². The summed E-state index contributed by atoms with van der Waals surface area (Å²) < 4.78 is 1.88. The van der Waals surface area contributed by atoms with Crippen LogP contribution in [0.5, 0.6) is 0 Å². The van der Waals surface area contributed by atoms with E-state index in [1.807, 2.05) is 11.5 Å². The van der Waals surface area contributed by atoms with Crippen LogP contribution in [-0.2, 0) is 13.1 Å². The summed E-state index contributed by atoms with van der Waals surface area (Å²) in [5.74, 6) is 6.05. The number of nitrogens with zero attached hydrogens (tertiary/aromatic N) is 4. The van der Waals surface area contributed by atoms with Gasteiger partial charge >= 0.3 is 0 Å². The minimum absolute atomic E-state index is 0.0418. The Kier molecular flexibility index (Phi) is 4.11. The smallest absolute Gasteiger partial charge is 0.273 e. The maximum absolute atomic E-state index is 10.8. The van der Waals surface area contributed by atoms with Gasteiger partial charge < -0.3 is 15.3 Å². The number of hydrogen-bond acceptors (Lipinski definition) is 7. The normalized spacial score (nSPS) is 10.3. The molecule has 1 aromatic heterocycles. The minimum Gasteiger partial charge on any atom is -0.377 e. The first-order valence-corrected chi connectivity index (χ1v) is 6.00. The lowest BCUT2D eigenvalue weighted by Crippen LogP contribution is -2.10. The Labute approximate surface area is 114 Å². The number of benzene rings is 1. The first-order chi connectivity index (χ1) is 9.63. The molecule has 0 aliphatic heterocycles. The molecule has 0 saturated heterocycles. The van der Waals surface area contributed by atoms with Crippen molar-refractivity contribution < 1.29 is 4.92 Å². The van der Waals surface area contributed by atoms with Crippen molar-refractivity contribution in [3.63, 3.8) is 0 Å². The average molecular weight is 277 g/mol. The van der Waals surface area contributed by atoms with Gasteiger partial charge in [0, 0.05) is 24.4 Å². The highest BCUT2D eigenvalue weighted by molar-refractivity contribution is 5.63. The largest absolute Gasteiger partial charge is 0.377 e. The van der Waals surface area contributed by atoms with E-state index in [1.54, 1.807) is 12.4 Å². The number of nitro groups is 1. The van der Waals surface area contributed by atoms with Crippen LogP contribution in [0.1, 0.15) is 12.7 Å². The highest BCUT2D eigenvalue weighted by Crippen LogP contribution is 2.24. The van der Waals surface area contributed by atoms with Crippen molar-refractivity contribution in [3.05, 3.63) is 40.5 Å². The van der Waals surface area contributed by atoms with Crippen molar-refractivity contribution in [2.75, 3.05) is 10.7 Å². The second-order valence-corrected chi connectivity index (χ2v) is 4.06. The van der Waals surface area contributed by atoms with E-state index >= 15 is 0 Å². The highest BCUT2D eigenvalue weighted by atomic mass is 16.6. The van der Waals surface area contributed by atoms with E-state index in [9.17, 15) is 10.1 Å². The molecule has 0 fully saturated rings. The fraction of sp³-hybridized carbons (Fsp3) is 0.273. The van der Waals surface area contributed by atoms with Crippen molar-refractivity contribution in [2.45, 2.75) is 20.0 Å². The van der Waals surface area contributed by atoms with Crippen LogP contribution in [0.15, 0.2) is 24.5 Å². The Balaban J connectivity index is 2.16. The third-order valence-electron chi connectivity index (χ3n) is 2.78. The Morgan fingerprint density at radius 3 is 2.80 bits per heavy atom. The Morgan fingerprint density at radius 2 is 2.15 bits per heavy atom. The summed E-state index contributed by atoms with van der Waals surface area (Å²) in [6.45, 7) is 3.16. The van der Waals surface area contributed by atoms with Crippen LogP contribution in [0.4, 0.5) is 17.1 Å². The molecule has 0 saturated carbocycles. The standard InChI is InChI=1S/C11H15N7O2/c1-2-17-7-14-16-11(17)6-13-8-3-9(15-12)5-10(4-8)18(19)20/h3-5,7,13,15H,2,6,12H2,1H3. The molecule has 0 radical (unpaired) electrons. The van der Waals surface area contributed by atoms with E-state index in [0.717, 1.165) is 12.4 Å². The monoisotopic (exact) mass is 277 g/mol. The van der Waals surface area contributed by atoms with Crippen LogP contribution in [0.3, 0.4) is 0 Å². The van der Waals surface area contributed by atoms with E-state index in [1.165, 1.54) is 12.1 Å². The molecule has 2 aromatic rings. The van der Waals surface area contributed by atoms with Crippen molar-refractivity contribution in [2.24, 2.45) is 5.84 Å². The number of anilines is 2. The summed E-state index contributed by atoms with van der Waals surface area (Å²) in [7, 11) is 0. The predicted octanol–water partition coefficient (Wildman–Crippen LogP) is 1.10. The number of hydrazine groups is 1. The van der Waals surface area contributed by atoms with Crippen LogP contribution in [-0.4, -0.2) is 19.7 Å². The SMILES string of the molecule is CCn1cnnc1CNc1cc(NN)cc([N+](=O)[O-])c1. The van der Waals surface area contributed by atoms with Gasteiger partial charge in [0.05, 0.1) is 17.2 Å². The molecule has 20 heavy (non-hydrogen) atoms. The molecule has 9 nitrogen and oxygen atoms in total. The number of nitrogens with two attached hydrogens (primary N) is 1. The van der Waals surface area contributed by atoms with Crippen molar-refractivity contribution in [1.82, 2.24) is 14.8 Å². The third-order valence-corrected chi connectivity index (χ3v) is 2.78. The fourth-order valence-electron chi connectivity index (χ4n) is 1.76. The number of nitro benzene ring substituents is 1. The number of rotatable bonds is 6. The number of nitrogens with one attached hydrogen (secondary N) is 2. The Morgan fingerprint density at radius 1 is 1.40 bits per heavy atom. The van der Waals surface area contributed by atoms with Crippen LogP contribution < -0.4 is 16.6 Å². The second kappa shape index (κ2) is 5.97. The molecule has 0 bridgehead atoms. The molecule has 0 unspecified atom stereocenters. The van der Waals surface area contributed by atoms with E-state index in [-0.39, 0.29) is 5.69 Å². The number of non-ortho nitro benzene ring substituents is 1. The van der Waals surface area contributed by atoms with E-state index in [2.05, 4.69) is 20.9 Å². The van der Waals surface area contributed by atoms with E-state index in [0.29, 0.717) is 17.9 Å². The zero-order valence-corrected chi connectivity index (χ0v) is 10.9. The van der Waals surface area contributed by atoms with E-state index < -0.39 is 4.92 Å². The van der Waals surface area contributed by atoms with Gasteiger partial charge in [0.15, 0.2) is 5.82 Å². The quantitative estimate of drug-likeness (QED) is 0.410. The maximum atomic E-state index is 10.8. The van der Waals surface area contributed by atoms with Gasteiger partial charge in [-0.1, -0.05) is 0 Å². The third kappa shape index (κ3) is 3.01. The van der Waals surface area contributed by atoms with Crippen molar-refractivity contribution in [1.29, 1.82) is 0 Å². The Hall–Kier alpha value is -2.68. The van der Waals surface area contributed by atoms with Gasteiger partial charge in [-0.2, -0.15) is 0 Å². The van der Waals surface area contributed by atoms with Crippen LogP contribution >= 0.6 is 0 Å². The first-order valence-electron chi connectivity index (χ1n) is 6.00. The summed E-state index contributed by atoms with van der Waals surface area (Å²) in [6.07, 6.45) is 1.64. The molecular weight excluding hydrogens is 262 g/mol. The lowest BCUT2D eigenvalue weighted by molar-refractivity contribution is -0.384. The molecule has 2 rings (SSSR count). The van der Waals surface area contributed by atoms with Crippen LogP contribution in [0.25, 0.3) is 0 Å². The molecule has 0 amide bonds. The zero-order chi connectivity index (χ0) is 14.5. The first kappa shape index (κ1) is 13.7. The number of nitrogen functional groups attached to an aromatic ring is 1. The van der Waals surface area contributed by atoms with Crippen molar-refractivity contribution >= 4 is 17.1 Å². The topological polar surface area (TPSA) is 124 Å². The highest BCUT2D eigenvalue weighted by Gasteiger charge is 2.10.